The van der Waals surface area contributed by atoms with Gasteiger partial charge in [-0.1, -0.05) is 12.1 Å². The summed E-state index contributed by atoms with van der Waals surface area (Å²) in [5, 5.41) is 8.33. The maximum absolute atomic E-state index is 12.8. The highest BCUT2D eigenvalue weighted by molar-refractivity contribution is 5.95. The van der Waals surface area contributed by atoms with Crippen LogP contribution in [0.4, 0.5) is 0 Å². The Morgan fingerprint density at radius 2 is 2.07 bits per heavy atom. The fourth-order valence-corrected chi connectivity index (χ4v) is 3.30. The van der Waals surface area contributed by atoms with Gasteiger partial charge in [0.2, 0.25) is 0 Å². The molecule has 27 heavy (non-hydrogen) atoms. The number of rotatable bonds is 4. The van der Waals surface area contributed by atoms with Crippen molar-refractivity contribution in [2.24, 2.45) is 0 Å². The van der Waals surface area contributed by atoms with Crippen LogP contribution < -0.4 is 0 Å². The molecule has 1 saturated heterocycles. The number of nitrogens with zero attached hydrogens (tertiary/aromatic N) is 6. The lowest BCUT2D eigenvalue weighted by Gasteiger charge is -2.26. The number of aryl methyl sites for hydroxylation is 1. The number of piperidine rings is 1. The Hall–Kier alpha value is -3.03. The molecule has 3 aromatic rings. The SMILES string of the molecule is CCc1noc(-c2ccnc(-n3ncc(C(=O)N4CCCCC4)c3C)c2)n1. The number of carbonyl (C=O) groups excluding carboxylic acids is 1. The first-order valence-electron chi connectivity index (χ1n) is 9.30. The number of pyridine rings is 1. The van der Waals surface area contributed by atoms with Gasteiger partial charge in [-0.2, -0.15) is 10.1 Å². The zero-order valence-electron chi connectivity index (χ0n) is 15.6. The molecule has 3 aromatic heterocycles. The molecule has 0 radical (unpaired) electrons. The van der Waals surface area contributed by atoms with Crippen molar-refractivity contribution in [2.45, 2.75) is 39.5 Å². The second-order valence-corrected chi connectivity index (χ2v) is 6.68. The molecular weight excluding hydrogens is 344 g/mol. The Morgan fingerprint density at radius 1 is 1.26 bits per heavy atom. The zero-order valence-corrected chi connectivity index (χ0v) is 15.6. The van der Waals surface area contributed by atoms with E-state index < -0.39 is 0 Å². The number of carbonyl (C=O) groups is 1. The molecule has 0 N–H and O–H groups in total. The predicted molar refractivity (Wildman–Crippen MR) is 98.5 cm³/mol. The van der Waals surface area contributed by atoms with Gasteiger partial charge in [-0.25, -0.2) is 9.67 Å². The Kier molecular flexibility index (Phi) is 4.70. The van der Waals surface area contributed by atoms with Crippen LogP contribution in [-0.2, 0) is 6.42 Å². The summed E-state index contributed by atoms with van der Waals surface area (Å²) in [4.78, 5) is 23.5. The molecule has 0 spiro atoms. The minimum absolute atomic E-state index is 0.0408. The first-order chi connectivity index (χ1) is 13.2. The molecule has 0 atom stereocenters. The number of amides is 1. The lowest BCUT2D eigenvalue weighted by molar-refractivity contribution is 0.0723. The molecule has 1 aliphatic rings. The van der Waals surface area contributed by atoms with Crippen LogP contribution in [0.25, 0.3) is 17.3 Å². The summed E-state index contributed by atoms with van der Waals surface area (Å²) in [5.41, 5.74) is 2.16. The van der Waals surface area contributed by atoms with Crippen LogP contribution >= 0.6 is 0 Å². The Morgan fingerprint density at radius 3 is 2.81 bits per heavy atom. The van der Waals surface area contributed by atoms with Gasteiger partial charge in [0.25, 0.3) is 11.8 Å². The van der Waals surface area contributed by atoms with E-state index in [1.807, 2.05) is 30.9 Å². The molecule has 0 aliphatic carbocycles. The van der Waals surface area contributed by atoms with Crippen molar-refractivity contribution in [1.29, 1.82) is 0 Å². The molecule has 1 aliphatic heterocycles. The summed E-state index contributed by atoms with van der Waals surface area (Å²) >= 11 is 0. The molecule has 0 saturated carbocycles. The van der Waals surface area contributed by atoms with E-state index in [1.165, 1.54) is 6.42 Å². The second-order valence-electron chi connectivity index (χ2n) is 6.68. The van der Waals surface area contributed by atoms with Gasteiger partial charge >= 0.3 is 0 Å². The Balaban J connectivity index is 1.63. The number of likely N-dealkylation sites (tertiary alicyclic amines) is 1. The standard InChI is InChI=1S/C19H22N6O2/c1-3-16-22-18(27-23-16)14-7-8-20-17(11-14)25-13(2)15(12-21-25)19(26)24-9-5-4-6-10-24/h7-8,11-12H,3-6,9-10H2,1-2H3. The fraction of sp³-hybridized carbons (Fsp3) is 0.421. The predicted octanol–water partition coefficient (Wildman–Crippen LogP) is 2.81. The number of aromatic nitrogens is 5. The molecule has 4 rings (SSSR count). The fourth-order valence-electron chi connectivity index (χ4n) is 3.30. The highest BCUT2D eigenvalue weighted by atomic mass is 16.5. The van der Waals surface area contributed by atoms with Gasteiger partial charge in [0.05, 0.1) is 17.5 Å². The second kappa shape index (κ2) is 7.30. The molecule has 1 amide bonds. The zero-order chi connectivity index (χ0) is 18.8. The van der Waals surface area contributed by atoms with Crippen molar-refractivity contribution in [3.05, 3.63) is 41.6 Å². The van der Waals surface area contributed by atoms with Crippen LogP contribution in [0.5, 0.6) is 0 Å². The topological polar surface area (TPSA) is 89.9 Å². The highest BCUT2D eigenvalue weighted by Crippen LogP contribution is 2.22. The maximum atomic E-state index is 12.8. The van der Waals surface area contributed by atoms with Crippen LogP contribution in [0.2, 0.25) is 0 Å². The third-order valence-electron chi connectivity index (χ3n) is 4.88. The summed E-state index contributed by atoms with van der Waals surface area (Å²) in [7, 11) is 0. The van der Waals surface area contributed by atoms with Gasteiger partial charge in [-0.15, -0.1) is 0 Å². The van der Waals surface area contributed by atoms with Crippen molar-refractivity contribution < 1.29 is 9.32 Å². The van der Waals surface area contributed by atoms with Gasteiger partial charge in [-0.05, 0) is 38.3 Å². The van der Waals surface area contributed by atoms with E-state index in [4.69, 9.17) is 4.52 Å². The minimum Gasteiger partial charge on any atom is -0.339 e. The largest absolute Gasteiger partial charge is 0.339 e. The molecule has 4 heterocycles. The van der Waals surface area contributed by atoms with E-state index >= 15 is 0 Å². The van der Waals surface area contributed by atoms with Crippen LogP contribution in [0.15, 0.2) is 29.0 Å². The van der Waals surface area contributed by atoms with E-state index in [1.54, 1.807) is 17.1 Å². The highest BCUT2D eigenvalue weighted by Gasteiger charge is 2.23. The van der Waals surface area contributed by atoms with Crippen molar-refractivity contribution in [3.63, 3.8) is 0 Å². The Labute approximate surface area is 157 Å². The third kappa shape index (κ3) is 3.34. The third-order valence-corrected chi connectivity index (χ3v) is 4.88. The van der Waals surface area contributed by atoms with Gasteiger partial charge in [0.1, 0.15) is 0 Å². The van der Waals surface area contributed by atoms with E-state index in [2.05, 4.69) is 20.2 Å². The van der Waals surface area contributed by atoms with E-state index in [0.29, 0.717) is 29.5 Å². The lowest BCUT2D eigenvalue weighted by Crippen LogP contribution is -2.35. The van der Waals surface area contributed by atoms with Crippen LogP contribution in [0.1, 0.15) is 48.1 Å². The Bertz CT molecular complexity index is 955. The van der Waals surface area contributed by atoms with Gasteiger partial charge < -0.3 is 9.42 Å². The van der Waals surface area contributed by atoms with E-state index in [-0.39, 0.29) is 5.91 Å². The van der Waals surface area contributed by atoms with E-state index in [0.717, 1.165) is 37.2 Å². The van der Waals surface area contributed by atoms with Crippen molar-refractivity contribution in [2.75, 3.05) is 13.1 Å². The van der Waals surface area contributed by atoms with Gasteiger partial charge in [-0.3, -0.25) is 4.79 Å². The van der Waals surface area contributed by atoms with Crippen LogP contribution in [0, 0.1) is 6.92 Å². The molecule has 8 nitrogen and oxygen atoms in total. The normalized spacial score (nSPS) is 14.5. The summed E-state index contributed by atoms with van der Waals surface area (Å²) in [6, 6.07) is 3.65. The van der Waals surface area contributed by atoms with Crippen molar-refractivity contribution in [1.82, 2.24) is 29.8 Å². The van der Waals surface area contributed by atoms with Gasteiger partial charge in [0.15, 0.2) is 11.6 Å². The monoisotopic (exact) mass is 366 g/mol. The van der Waals surface area contributed by atoms with E-state index in [9.17, 15) is 4.79 Å². The molecular formula is C19H22N6O2. The smallest absolute Gasteiger partial charge is 0.258 e. The summed E-state index contributed by atoms with van der Waals surface area (Å²) in [6.07, 6.45) is 7.32. The average Bonchev–Trinajstić information content (AvgIpc) is 3.35. The number of hydrogen-bond donors (Lipinski definition) is 0. The minimum atomic E-state index is 0.0408. The molecule has 0 unspecified atom stereocenters. The first-order valence-corrected chi connectivity index (χ1v) is 9.30. The molecule has 0 bridgehead atoms. The summed E-state index contributed by atoms with van der Waals surface area (Å²) < 4.78 is 6.98. The summed E-state index contributed by atoms with van der Waals surface area (Å²) in [5.74, 6) is 1.76. The van der Waals surface area contributed by atoms with Gasteiger partial charge in [0, 0.05) is 31.3 Å². The summed E-state index contributed by atoms with van der Waals surface area (Å²) in [6.45, 7) is 5.49. The molecule has 1 fully saturated rings. The number of hydrogen-bond acceptors (Lipinski definition) is 6. The molecule has 140 valence electrons. The first kappa shape index (κ1) is 17.4. The quantitative estimate of drug-likeness (QED) is 0.705. The van der Waals surface area contributed by atoms with Crippen LogP contribution in [0.3, 0.4) is 0 Å². The molecule has 8 heteroatoms. The maximum Gasteiger partial charge on any atom is 0.258 e. The van der Waals surface area contributed by atoms with Crippen molar-refractivity contribution in [3.8, 4) is 17.3 Å². The van der Waals surface area contributed by atoms with Crippen molar-refractivity contribution >= 4 is 5.91 Å². The molecule has 0 aromatic carbocycles. The van der Waals surface area contributed by atoms with Crippen LogP contribution in [-0.4, -0.2) is 48.8 Å². The average molecular weight is 366 g/mol. The lowest BCUT2D eigenvalue weighted by atomic mass is 10.1.